The summed E-state index contributed by atoms with van der Waals surface area (Å²) in [6, 6.07) is 0.763. The number of hydrogen-bond acceptors (Lipinski definition) is 2. The van der Waals surface area contributed by atoms with Crippen molar-refractivity contribution in [2.75, 3.05) is 0 Å². The van der Waals surface area contributed by atoms with E-state index in [9.17, 15) is 4.79 Å². The maximum atomic E-state index is 11.5. The van der Waals surface area contributed by atoms with Crippen LogP contribution in [0.4, 0.5) is 0 Å². The third-order valence-corrected chi connectivity index (χ3v) is 2.42. The van der Waals surface area contributed by atoms with Crippen LogP contribution in [0.1, 0.15) is 40.0 Å². The molecule has 1 unspecified atom stereocenters. The van der Waals surface area contributed by atoms with Crippen LogP contribution in [0.15, 0.2) is 0 Å². The molecule has 76 valence electrons. The Kier molecular flexibility index (Phi) is 3.72. The second kappa shape index (κ2) is 4.61. The van der Waals surface area contributed by atoms with Crippen LogP contribution in [0.5, 0.6) is 0 Å². The van der Waals surface area contributed by atoms with Crippen molar-refractivity contribution >= 4 is 5.91 Å². The molecule has 3 heteroatoms. The molecule has 1 aliphatic rings. The van der Waals surface area contributed by atoms with E-state index in [1.54, 1.807) is 0 Å². The molecule has 0 aromatic rings. The van der Waals surface area contributed by atoms with Gasteiger partial charge in [0.25, 0.3) is 0 Å². The molecule has 0 aromatic heterocycles. The minimum atomic E-state index is -0.0484. The summed E-state index contributed by atoms with van der Waals surface area (Å²) in [5.41, 5.74) is 0. The van der Waals surface area contributed by atoms with Crippen molar-refractivity contribution in [1.29, 1.82) is 0 Å². The highest BCUT2D eigenvalue weighted by molar-refractivity contribution is 5.81. The first kappa shape index (κ1) is 10.5. The summed E-state index contributed by atoms with van der Waals surface area (Å²) in [7, 11) is 0. The third kappa shape index (κ3) is 3.35. The normalized spacial score (nSPS) is 19.7. The average molecular weight is 184 g/mol. The predicted octanol–water partition coefficient (Wildman–Crippen LogP) is 1.04. The van der Waals surface area contributed by atoms with Crippen molar-refractivity contribution in [3.05, 3.63) is 0 Å². The van der Waals surface area contributed by atoms with Gasteiger partial charge >= 0.3 is 0 Å². The summed E-state index contributed by atoms with van der Waals surface area (Å²) in [4.78, 5) is 11.5. The van der Waals surface area contributed by atoms with E-state index >= 15 is 0 Å². The fraction of sp³-hybridized carbons (Fsp3) is 0.900. The second-order valence-electron chi connectivity index (χ2n) is 4.18. The van der Waals surface area contributed by atoms with Crippen LogP contribution < -0.4 is 10.6 Å². The van der Waals surface area contributed by atoms with Crippen molar-refractivity contribution in [2.45, 2.75) is 58.2 Å². The van der Waals surface area contributed by atoms with E-state index in [2.05, 4.69) is 10.6 Å². The van der Waals surface area contributed by atoms with Crippen LogP contribution >= 0.6 is 0 Å². The molecule has 1 aliphatic carbocycles. The first-order valence-corrected chi connectivity index (χ1v) is 5.16. The molecule has 0 aliphatic heterocycles. The van der Waals surface area contributed by atoms with Gasteiger partial charge in [-0.1, -0.05) is 6.42 Å². The molecule has 0 spiro atoms. The van der Waals surface area contributed by atoms with Gasteiger partial charge in [-0.25, -0.2) is 0 Å². The Bertz CT molecular complexity index is 176. The van der Waals surface area contributed by atoms with E-state index in [4.69, 9.17) is 0 Å². The van der Waals surface area contributed by atoms with Gasteiger partial charge in [-0.3, -0.25) is 4.79 Å². The van der Waals surface area contributed by atoms with Gasteiger partial charge in [0.2, 0.25) is 5.91 Å². The van der Waals surface area contributed by atoms with Gasteiger partial charge in [-0.2, -0.15) is 0 Å². The molecule has 0 bridgehead atoms. The summed E-state index contributed by atoms with van der Waals surface area (Å²) in [6.45, 7) is 5.89. The van der Waals surface area contributed by atoms with E-state index in [-0.39, 0.29) is 18.0 Å². The highest BCUT2D eigenvalue weighted by Crippen LogP contribution is 2.18. The van der Waals surface area contributed by atoms with Gasteiger partial charge < -0.3 is 10.6 Å². The number of carbonyl (C=O) groups is 1. The summed E-state index contributed by atoms with van der Waals surface area (Å²) >= 11 is 0. The number of nitrogens with one attached hydrogen (secondary N) is 2. The Morgan fingerprint density at radius 1 is 1.31 bits per heavy atom. The number of hydrogen-bond donors (Lipinski definition) is 2. The summed E-state index contributed by atoms with van der Waals surface area (Å²) in [5.74, 6) is 0.113. The third-order valence-electron chi connectivity index (χ3n) is 2.42. The SMILES string of the molecule is CC(C)NC(=O)C(C)NC1CCC1. The molecule has 13 heavy (non-hydrogen) atoms. The van der Waals surface area contributed by atoms with Crippen LogP contribution in [0.2, 0.25) is 0 Å². The van der Waals surface area contributed by atoms with Gasteiger partial charge in [0, 0.05) is 12.1 Å². The highest BCUT2D eigenvalue weighted by Gasteiger charge is 2.22. The molecule has 0 heterocycles. The minimum Gasteiger partial charge on any atom is -0.353 e. The first-order valence-electron chi connectivity index (χ1n) is 5.16. The van der Waals surface area contributed by atoms with Crippen LogP contribution in [0.3, 0.4) is 0 Å². The lowest BCUT2D eigenvalue weighted by atomic mass is 9.92. The molecule has 1 rings (SSSR count). The van der Waals surface area contributed by atoms with E-state index in [1.165, 1.54) is 19.3 Å². The van der Waals surface area contributed by atoms with Crippen molar-refractivity contribution in [1.82, 2.24) is 10.6 Å². The van der Waals surface area contributed by atoms with Crippen LogP contribution in [0.25, 0.3) is 0 Å². The Morgan fingerprint density at radius 3 is 2.31 bits per heavy atom. The smallest absolute Gasteiger partial charge is 0.237 e. The first-order chi connectivity index (χ1) is 6.09. The number of rotatable bonds is 4. The fourth-order valence-electron chi connectivity index (χ4n) is 1.41. The predicted molar refractivity (Wildman–Crippen MR) is 53.5 cm³/mol. The molecule has 0 saturated heterocycles. The maximum Gasteiger partial charge on any atom is 0.237 e. The zero-order valence-corrected chi connectivity index (χ0v) is 8.76. The lowest BCUT2D eigenvalue weighted by Crippen LogP contribution is -2.50. The summed E-state index contributed by atoms with van der Waals surface area (Å²) < 4.78 is 0. The topological polar surface area (TPSA) is 41.1 Å². The van der Waals surface area contributed by atoms with E-state index in [0.29, 0.717) is 6.04 Å². The molecular weight excluding hydrogens is 164 g/mol. The molecular formula is C10H20N2O. The van der Waals surface area contributed by atoms with Crippen LogP contribution in [0, 0.1) is 0 Å². The molecule has 0 aromatic carbocycles. The lowest BCUT2D eigenvalue weighted by Gasteiger charge is -2.29. The van der Waals surface area contributed by atoms with E-state index in [0.717, 1.165) is 0 Å². The maximum absolute atomic E-state index is 11.5. The minimum absolute atomic E-state index is 0.0484. The fourth-order valence-corrected chi connectivity index (χ4v) is 1.41. The Morgan fingerprint density at radius 2 is 1.92 bits per heavy atom. The number of amides is 1. The molecule has 1 amide bonds. The zero-order chi connectivity index (χ0) is 9.84. The summed E-state index contributed by atoms with van der Waals surface area (Å²) in [5, 5.41) is 6.20. The molecule has 2 N–H and O–H groups in total. The lowest BCUT2D eigenvalue weighted by molar-refractivity contribution is -0.123. The van der Waals surface area contributed by atoms with Crippen molar-refractivity contribution < 1.29 is 4.79 Å². The molecule has 1 fully saturated rings. The molecule has 0 radical (unpaired) electrons. The van der Waals surface area contributed by atoms with Crippen molar-refractivity contribution in [2.24, 2.45) is 0 Å². The van der Waals surface area contributed by atoms with E-state index in [1.807, 2.05) is 20.8 Å². The van der Waals surface area contributed by atoms with Gasteiger partial charge in [-0.15, -0.1) is 0 Å². The van der Waals surface area contributed by atoms with E-state index < -0.39 is 0 Å². The van der Waals surface area contributed by atoms with Crippen LogP contribution in [-0.2, 0) is 4.79 Å². The largest absolute Gasteiger partial charge is 0.353 e. The van der Waals surface area contributed by atoms with Crippen molar-refractivity contribution in [3.63, 3.8) is 0 Å². The second-order valence-corrected chi connectivity index (χ2v) is 4.18. The molecule has 3 nitrogen and oxygen atoms in total. The highest BCUT2D eigenvalue weighted by atomic mass is 16.2. The van der Waals surface area contributed by atoms with Gasteiger partial charge in [0.05, 0.1) is 6.04 Å². The molecule has 1 saturated carbocycles. The van der Waals surface area contributed by atoms with Gasteiger partial charge in [0.1, 0.15) is 0 Å². The summed E-state index contributed by atoms with van der Waals surface area (Å²) in [6.07, 6.45) is 3.74. The quantitative estimate of drug-likeness (QED) is 0.685. The standard InChI is InChI=1S/C10H20N2O/c1-7(2)11-10(13)8(3)12-9-5-4-6-9/h7-9,12H,4-6H2,1-3H3,(H,11,13). The Labute approximate surface area is 80.3 Å². The average Bonchev–Trinajstić information content (AvgIpc) is 1.94. The van der Waals surface area contributed by atoms with Gasteiger partial charge in [-0.05, 0) is 33.6 Å². The monoisotopic (exact) mass is 184 g/mol. The molecule has 1 atom stereocenters. The van der Waals surface area contributed by atoms with Crippen molar-refractivity contribution in [3.8, 4) is 0 Å². The van der Waals surface area contributed by atoms with Crippen LogP contribution in [-0.4, -0.2) is 24.0 Å². The Balaban J connectivity index is 2.20. The number of carbonyl (C=O) groups excluding carboxylic acids is 1. The van der Waals surface area contributed by atoms with Gasteiger partial charge in [0.15, 0.2) is 0 Å². The Hall–Kier alpha value is -0.570. The zero-order valence-electron chi connectivity index (χ0n) is 8.76.